The van der Waals surface area contributed by atoms with E-state index >= 15 is 0 Å². The standard InChI is InChI=1S/C14H24O/c1-2-3-4-5-6-7-8-9-10-11-12-13-14-15/h5-6,15H,2-4,7-9,12-14H2,1H3. The van der Waals surface area contributed by atoms with Crippen molar-refractivity contribution in [2.45, 2.75) is 58.3 Å². The van der Waals surface area contributed by atoms with Gasteiger partial charge in [0.1, 0.15) is 0 Å². The van der Waals surface area contributed by atoms with Crippen LogP contribution in [0.3, 0.4) is 0 Å². The Hall–Kier alpha value is -0.740. The fourth-order valence-corrected chi connectivity index (χ4v) is 1.21. The van der Waals surface area contributed by atoms with Gasteiger partial charge in [0.25, 0.3) is 0 Å². The summed E-state index contributed by atoms with van der Waals surface area (Å²) < 4.78 is 0. The number of hydrogen-bond donors (Lipinski definition) is 1. The first-order valence-corrected chi connectivity index (χ1v) is 6.13. The number of rotatable bonds is 8. The van der Waals surface area contributed by atoms with Crippen LogP contribution in [0.4, 0.5) is 0 Å². The first kappa shape index (κ1) is 14.3. The Labute approximate surface area is 94.6 Å². The highest BCUT2D eigenvalue weighted by atomic mass is 16.2. The van der Waals surface area contributed by atoms with Crippen LogP contribution in [-0.4, -0.2) is 11.7 Å². The maximum atomic E-state index is 8.53. The zero-order valence-electron chi connectivity index (χ0n) is 9.97. The zero-order chi connectivity index (χ0) is 11.2. The van der Waals surface area contributed by atoms with E-state index in [4.69, 9.17) is 5.11 Å². The van der Waals surface area contributed by atoms with Crippen LogP contribution in [0.2, 0.25) is 0 Å². The Balaban J connectivity index is 3.15. The molecular weight excluding hydrogens is 184 g/mol. The fourth-order valence-electron chi connectivity index (χ4n) is 1.21. The van der Waals surface area contributed by atoms with Gasteiger partial charge >= 0.3 is 0 Å². The number of allylic oxidation sites excluding steroid dienone is 2. The van der Waals surface area contributed by atoms with E-state index in [1.807, 2.05) is 0 Å². The van der Waals surface area contributed by atoms with Gasteiger partial charge in [-0.3, -0.25) is 0 Å². The Kier molecular flexibility index (Phi) is 12.6. The molecule has 0 heterocycles. The van der Waals surface area contributed by atoms with Crippen molar-refractivity contribution in [1.82, 2.24) is 0 Å². The van der Waals surface area contributed by atoms with E-state index in [2.05, 4.69) is 30.9 Å². The van der Waals surface area contributed by atoms with Crippen molar-refractivity contribution in [1.29, 1.82) is 0 Å². The van der Waals surface area contributed by atoms with Gasteiger partial charge < -0.3 is 5.11 Å². The third-order valence-corrected chi connectivity index (χ3v) is 2.15. The van der Waals surface area contributed by atoms with Crippen LogP contribution in [0.5, 0.6) is 0 Å². The van der Waals surface area contributed by atoms with Gasteiger partial charge in [-0.25, -0.2) is 0 Å². The molecule has 0 radical (unpaired) electrons. The van der Waals surface area contributed by atoms with Crippen LogP contribution in [0.25, 0.3) is 0 Å². The summed E-state index contributed by atoms with van der Waals surface area (Å²) in [6.45, 7) is 2.48. The molecule has 1 nitrogen and oxygen atoms in total. The number of aliphatic hydroxyl groups is 1. The van der Waals surface area contributed by atoms with Gasteiger partial charge in [-0.2, -0.15) is 0 Å². The molecule has 0 aliphatic heterocycles. The zero-order valence-corrected chi connectivity index (χ0v) is 9.97. The molecule has 0 aromatic carbocycles. The second-order valence-corrected chi connectivity index (χ2v) is 3.69. The average Bonchev–Trinajstić information content (AvgIpc) is 2.26. The van der Waals surface area contributed by atoms with Crippen LogP contribution in [-0.2, 0) is 0 Å². The van der Waals surface area contributed by atoms with Crippen LogP contribution < -0.4 is 0 Å². The Morgan fingerprint density at radius 2 is 1.53 bits per heavy atom. The quantitative estimate of drug-likeness (QED) is 0.366. The average molecular weight is 208 g/mol. The highest BCUT2D eigenvalue weighted by molar-refractivity contribution is 4.98. The SMILES string of the molecule is CCCCC=CCCCC#CCCCO. The van der Waals surface area contributed by atoms with Crippen LogP contribution in [0.15, 0.2) is 12.2 Å². The van der Waals surface area contributed by atoms with E-state index in [1.54, 1.807) is 0 Å². The molecule has 0 rings (SSSR count). The minimum atomic E-state index is 0.259. The van der Waals surface area contributed by atoms with E-state index in [-0.39, 0.29) is 6.61 Å². The summed E-state index contributed by atoms with van der Waals surface area (Å²) in [6.07, 6.45) is 13.3. The smallest absolute Gasteiger partial charge is 0.0440 e. The lowest BCUT2D eigenvalue weighted by molar-refractivity contribution is 0.290. The van der Waals surface area contributed by atoms with Gasteiger partial charge in [-0.05, 0) is 25.7 Å². The normalized spacial score (nSPS) is 10.3. The molecule has 0 amide bonds. The second-order valence-electron chi connectivity index (χ2n) is 3.69. The molecule has 15 heavy (non-hydrogen) atoms. The maximum Gasteiger partial charge on any atom is 0.0440 e. The lowest BCUT2D eigenvalue weighted by atomic mass is 10.2. The Bertz CT molecular complexity index is 195. The first-order valence-electron chi connectivity index (χ1n) is 6.13. The summed E-state index contributed by atoms with van der Waals surface area (Å²) >= 11 is 0. The Morgan fingerprint density at radius 1 is 0.933 bits per heavy atom. The molecule has 0 fully saturated rings. The van der Waals surface area contributed by atoms with Gasteiger partial charge in [-0.1, -0.05) is 31.9 Å². The molecule has 0 aliphatic carbocycles. The van der Waals surface area contributed by atoms with E-state index in [0.717, 1.165) is 32.1 Å². The number of hydrogen-bond acceptors (Lipinski definition) is 1. The molecule has 0 aliphatic rings. The lowest BCUT2D eigenvalue weighted by Gasteiger charge is -1.90. The molecule has 0 aromatic rings. The molecule has 0 saturated carbocycles. The molecule has 0 bridgehead atoms. The van der Waals surface area contributed by atoms with Crippen LogP contribution in [0.1, 0.15) is 58.3 Å². The van der Waals surface area contributed by atoms with Gasteiger partial charge in [0.05, 0.1) is 0 Å². The van der Waals surface area contributed by atoms with E-state index in [0.29, 0.717) is 0 Å². The lowest BCUT2D eigenvalue weighted by Crippen LogP contribution is -1.78. The summed E-state index contributed by atoms with van der Waals surface area (Å²) in [6, 6.07) is 0. The van der Waals surface area contributed by atoms with Crippen molar-refractivity contribution in [3.05, 3.63) is 12.2 Å². The summed E-state index contributed by atoms with van der Waals surface area (Å²) in [4.78, 5) is 0. The highest BCUT2D eigenvalue weighted by Gasteiger charge is 1.82. The van der Waals surface area contributed by atoms with Crippen LogP contribution in [0, 0.1) is 11.8 Å². The largest absolute Gasteiger partial charge is 0.396 e. The third kappa shape index (κ3) is 13.3. The van der Waals surface area contributed by atoms with Gasteiger partial charge in [0.2, 0.25) is 0 Å². The maximum absolute atomic E-state index is 8.53. The monoisotopic (exact) mass is 208 g/mol. The summed E-state index contributed by atoms with van der Waals surface area (Å²) in [5, 5.41) is 8.53. The number of aliphatic hydroxyl groups excluding tert-OH is 1. The molecule has 0 spiro atoms. The molecule has 0 unspecified atom stereocenters. The number of unbranched alkanes of at least 4 members (excludes halogenated alkanes) is 5. The molecular formula is C14H24O. The third-order valence-electron chi connectivity index (χ3n) is 2.15. The molecule has 0 saturated heterocycles. The van der Waals surface area contributed by atoms with E-state index < -0.39 is 0 Å². The van der Waals surface area contributed by atoms with Crippen molar-refractivity contribution in [2.24, 2.45) is 0 Å². The van der Waals surface area contributed by atoms with Gasteiger partial charge in [-0.15, -0.1) is 11.8 Å². The minimum absolute atomic E-state index is 0.259. The van der Waals surface area contributed by atoms with E-state index in [9.17, 15) is 0 Å². The van der Waals surface area contributed by atoms with Crippen molar-refractivity contribution >= 4 is 0 Å². The molecule has 0 atom stereocenters. The Morgan fingerprint density at radius 3 is 2.13 bits per heavy atom. The summed E-state index contributed by atoms with van der Waals surface area (Å²) in [7, 11) is 0. The predicted molar refractivity (Wildman–Crippen MR) is 66.6 cm³/mol. The minimum Gasteiger partial charge on any atom is -0.396 e. The highest BCUT2D eigenvalue weighted by Crippen LogP contribution is 1.99. The summed E-state index contributed by atoms with van der Waals surface area (Å²) in [5.74, 6) is 6.19. The summed E-state index contributed by atoms with van der Waals surface area (Å²) in [5.41, 5.74) is 0. The van der Waals surface area contributed by atoms with Gasteiger partial charge in [0.15, 0.2) is 0 Å². The first-order chi connectivity index (χ1) is 7.41. The topological polar surface area (TPSA) is 20.2 Å². The van der Waals surface area contributed by atoms with Crippen molar-refractivity contribution < 1.29 is 5.11 Å². The van der Waals surface area contributed by atoms with Crippen molar-refractivity contribution in [2.75, 3.05) is 6.61 Å². The predicted octanol–water partition coefficient (Wildman–Crippen LogP) is 3.68. The molecule has 86 valence electrons. The van der Waals surface area contributed by atoms with Gasteiger partial charge in [0, 0.05) is 19.4 Å². The van der Waals surface area contributed by atoms with Crippen LogP contribution >= 0.6 is 0 Å². The van der Waals surface area contributed by atoms with E-state index in [1.165, 1.54) is 19.3 Å². The van der Waals surface area contributed by atoms with Crippen molar-refractivity contribution in [3.8, 4) is 11.8 Å². The molecule has 1 N–H and O–H groups in total. The fraction of sp³-hybridized carbons (Fsp3) is 0.714. The van der Waals surface area contributed by atoms with Crippen molar-refractivity contribution in [3.63, 3.8) is 0 Å². The molecule has 1 heteroatoms. The molecule has 0 aromatic heterocycles. The second kappa shape index (κ2) is 13.3.